The van der Waals surface area contributed by atoms with Gasteiger partial charge in [0.15, 0.2) is 0 Å². The van der Waals surface area contributed by atoms with E-state index in [0.717, 1.165) is 16.0 Å². The Morgan fingerprint density at radius 2 is 1.19 bits per heavy atom. The highest BCUT2D eigenvalue weighted by molar-refractivity contribution is 7.09. The number of nitrogens with zero attached hydrogens (tertiary/aromatic N) is 1. The first-order valence-electron chi connectivity index (χ1n) is 18.5. The summed E-state index contributed by atoms with van der Waals surface area (Å²) in [4.78, 5) is 85.8. The van der Waals surface area contributed by atoms with Gasteiger partial charge < -0.3 is 31.7 Å². The highest BCUT2D eigenvalue weighted by Crippen LogP contribution is 2.20. The smallest absolute Gasteiger partial charge is 0.326 e. The summed E-state index contributed by atoms with van der Waals surface area (Å²) in [5, 5.41) is 25.7. The van der Waals surface area contributed by atoms with E-state index in [4.69, 9.17) is 0 Å². The Kier molecular flexibility index (Phi) is 13.5. The van der Waals surface area contributed by atoms with Crippen LogP contribution in [0.2, 0.25) is 0 Å². The number of nitrogens with one attached hydrogen (secondary N) is 5. The molecule has 3 aromatic carbocycles. The summed E-state index contributed by atoms with van der Waals surface area (Å²) in [5.41, 5.74) is 4.30. The van der Waals surface area contributed by atoms with Crippen molar-refractivity contribution in [3.63, 3.8) is 0 Å². The summed E-state index contributed by atoms with van der Waals surface area (Å²) in [7, 11) is 0. The maximum Gasteiger partial charge on any atom is 0.326 e. The SMILES string of the molecule is O=C1CCC(=O)N[C@H](Cc2cccs2)C(=O)N[C@@H](Cc2ccc(-c3ccccc3)cc2)C(=O)N[C@@H](Cc2ccncc2)C(=O)N[C@@H](C(=O)O)Cc2ccc(cc2)N1. The van der Waals surface area contributed by atoms with Gasteiger partial charge in [0.2, 0.25) is 29.5 Å². The highest BCUT2D eigenvalue weighted by atomic mass is 32.1. The third-order valence-electron chi connectivity index (χ3n) is 9.46. The van der Waals surface area contributed by atoms with E-state index in [-0.39, 0.29) is 38.5 Å². The quantitative estimate of drug-likeness (QED) is 0.128. The van der Waals surface area contributed by atoms with Gasteiger partial charge in [-0.2, -0.15) is 0 Å². The van der Waals surface area contributed by atoms with Crippen molar-refractivity contribution >= 4 is 52.5 Å². The van der Waals surface area contributed by atoms with Gasteiger partial charge in [-0.15, -0.1) is 11.3 Å². The predicted molar refractivity (Wildman–Crippen MR) is 215 cm³/mol. The van der Waals surface area contributed by atoms with Gasteiger partial charge in [-0.05, 0) is 63.5 Å². The van der Waals surface area contributed by atoms with E-state index in [1.807, 2.05) is 72.1 Å². The number of anilines is 1. The Morgan fingerprint density at radius 1 is 0.614 bits per heavy atom. The molecular weight excluding hydrogens is 745 g/mol. The molecular formula is C43H42N6O7S. The highest BCUT2D eigenvalue weighted by Gasteiger charge is 2.32. The van der Waals surface area contributed by atoms with Crippen molar-refractivity contribution in [2.45, 2.75) is 62.7 Å². The molecule has 0 saturated carbocycles. The van der Waals surface area contributed by atoms with E-state index in [9.17, 15) is 33.9 Å². The number of carboxylic acid groups (broad SMARTS) is 1. The van der Waals surface area contributed by atoms with Crippen molar-refractivity contribution in [3.05, 3.63) is 142 Å². The second-order valence-corrected chi connectivity index (χ2v) is 14.7. The Balaban J connectivity index is 1.34. The molecule has 2 aromatic heterocycles. The molecule has 0 fully saturated rings. The van der Waals surface area contributed by atoms with E-state index in [1.54, 1.807) is 48.8 Å². The van der Waals surface area contributed by atoms with Crippen LogP contribution in [0.1, 0.15) is 34.4 Å². The molecule has 13 nitrogen and oxygen atoms in total. The number of carbonyl (C=O) groups is 6. The van der Waals surface area contributed by atoms with Gasteiger partial charge in [0.05, 0.1) is 0 Å². The number of amides is 5. The van der Waals surface area contributed by atoms with Crippen LogP contribution in [-0.4, -0.2) is 69.8 Å². The maximum absolute atomic E-state index is 14.4. The number of rotatable bonds is 8. The zero-order chi connectivity index (χ0) is 40.1. The number of benzene rings is 3. The van der Waals surface area contributed by atoms with Crippen molar-refractivity contribution in [2.75, 3.05) is 5.32 Å². The van der Waals surface area contributed by atoms with Gasteiger partial charge in [0.25, 0.3) is 0 Å². The minimum absolute atomic E-state index is 0.00960. The van der Waals surface area contributed by atoms with E-state index in [1.165, 1.54) is 11.3 Å². The summed E-state index contributed by atoms with van der Waals surface area (Å²) < 4.78 is 0. The lowest BCUT2D eigenvalue weighted by molar-refractivity contribution is -0.142. The van der Waals surface area contributed by atoms with E-state index in [2.05, 4.69) is 31.6 Å². The fourth-order valence-corrected chi connectivity index (χ4v) is 7.16. The Hall–Kier alpha value is -6.67. The van der Waals surface area contributed by atoms with Gasteiger partial charge in [-0.25, -0.2) is 4.79 Å². The molecule has 4 atom stereocenters. The third kappa shape index (κ3) is 11.7. The normalized spacial score (nSPS) is 19.9. The number of aliphatic carboxylic acids is 1. The van der Waals surface area contributed by atoms with Crippen molar-refractivity contribution in [1.29, 1.82) is 0 Å². The number of carbonyl (C=O) groups excluding carboxylic acids is 5. The minimum Gasteiger partial charge on any atom is -0.480 e. The van der Waals surface area contributed by atoms with Crippen LogP contribution in [0.4, 0.5) is 5.69 Å². The lowest BCUT2D eigenvalue weighted by Gasteiger charge is -2.26. The summed E-state index contributed by atoms with van der Waals surface area (Å²) in [5.74, 6) is -4.35. The molecule has 0 saturated heterocycles. The standard InChI is InChI=1S/C43H42N6O7S/c50-38-16-17-39(51)46-36(26-33-7-4-22-57-33)42(54)48-34(23-27-8-12-31(13-9-27)30-5-2-1-3-6-30)40(52)47-35(24-29-18-20-44-21-19-29)41(53)49-37(43(55)56)25-28-10-14-32(45-38)15-11-28/h1-15,18-22,34-37H,16-17,23-26H2,(H,45,50)(H,46,51)(H,47,52)(H,48,54)(H,49,53)(H,55,56)/t34-,35-,36+,37+/m0/s1. The zero-order valence-corrected chi connectivity index (χ0v) is 31.7. The van der Waals surface area contributed by atoms with Gasteiger partial charge in [-0.1, -0.05) is 72.8 Å². The number of hydrogen-bond donors (Lipinski definition) is 6. The van der Waals surface area contributed by atoms with Crippen LogP contribution >= 0.6 is 11.3 Å². The predicted octanol–water partition coefficient (Wildman–Crippen LogP) is 3.84. The Morgan fingerprint density at radius 3 is 1.81 bits per heavy atom. The molecule has 2 aliphatic rings. The van der Waals surface area contributed by atoms with Crippen molar-refractivity contribution < 1.29 is 33.9 Å². The van der Waals surface area contributed by atoms with Crippen LogP contribution in [0.25, 0.3) is 11.1 Å². The average molecular weight is 787 g/mol. The summed E-state index contributed by atoms with van der Waals surface area (Å²) in [6.45, 7) is 0. The van der Waals surface area contributed by atoms with E-state index in [0.29, 0.717) is 22.4 Å². The summed E-state index contributed by atoms with van der Waals surface area (Å²) in [6, 6.07) is 25.8. The number of aromatic nitrogens is 1. The molecule has 0 unspecified atom stereocenters. The number of fused-ring (bicyclic) bond motifs is 18. The fourth-order valence-electron chi connectivity index (χ4n) is 6.41. The van der Waals surface area contributed by atoms with Gasteiger partial charge in [0.1, 0.15) is 24.2 Å². The monoisotopic (exact) mass is 786 g/mol. The molecule has 5 amide bonds. The molecule has 4 heterocycles. The van der Waals surface area contributed by atoms with Crippen molar-refractivity contribution in [1.82, 2.24) is 26.3 Å². The lowest BCUT2D eigenvalue weighted by atomic mass is 9.99. The molecule has 5 aromatic rings. The van der Waals surface area contributed by atoms with E-state index >= 15 is 0 Å². The first-order valence-corrected chi connectivity index (χ1v) is 19.4. The number of carboxylic acids is 1. The van der Waals surface area contributed by atoms with Crippen LogP contribution in [0.5, 0.6) is 0 Å². The summed E-state index contributed by atoms with van der Waals surface area (Å²) >= 11 is 1.40. The molecule has 14 heteroatoms. The van der Waals surface area contributed by atoms with Gasteiger partial charge >= 0.3 is 5.97 Å². The third-order valence-corrected chi connectivity index (χ3v) is 10.4. The maximum atomic E-state index is 14.4. The Labute approximate surface area is 333 Å². The average Bonchev–Trinajstić information content (AvgIpc) is 3.73. The molecule has 0 radical (unpaired) electrons. The van der Waals surface area contributed by atoms with Crippen molar-refractivity contribution in [3.8, 4) is 11.1 Å². The fraction of sp³-hybridized carbons (Fsp3) is 0.233. The second kappa shape index (κ2) is 19.3. The molecule has 292 valence electrons. The van der Waals surface area contributed by atoms with Crippen LogP contribution in [0, 0.1) is 0 Å². The van der Waals surface area contributed by atoms with Gasteiger partial charge in [-0.3, -0.25) is 29.0 Å². The second-order valence-electron chi connectivity index (χ2n) is 13.7. The molecule has 0 aliphatic carbocycles. The lowest BCUT2D eigenvalue weighted by Crippen LogP contribution is -2.59. The molecule has 2 bridgehead atoms. The van der Waals surface area contributed by atoms with Crippen LogP contribution in [0.3, 0.4) is 0 Å². The van der Waals surface area contributed by atoms with Crippen molar-refractivity contribution in [2.24, 2.45) is 0 Å². The number of thiophene rings is 1. The molecule has 57 heavy (non-hydrogen) atoms. The van der Waals surface area contributed by atoms with Crippen LogP contribution in [0.15, 0.2) is 121 Å². The summed E-state index contributed by atoms with van der Waals surface area (Å²) in [6.07, 6.45) is 2.75. The number of pyridine rings is 1. The molecule has 7 rings (SSSR count). The number of hydrogen-bond acceptors (Lipinski definition) is 8. The molecule has 2 aliphatic heterocycles. The topological polar surface area (TPSA) is 196 Å². The first kappa shape index (κ1) is 40.0. The van der Waals surface area contributed by atoms with Gasteiger partial charge in [0, 0.05) is 61.5 Å². The largest absolute Gasteiger partial charge is 0.480 e. The van der Waals surface area contributed by atoms with Crippen LogP contribution in [-0.2, 0) is 54.5 Å². The minimum atomic E-state index is -1.36. The Bertz CT molecular complexity index is 2170. The van der Waals surface area contributed by atoms with E-state index < -0.39 is 59.7 Å². The molecule has 0 spiro atoms. The van der Waals surface area contributed by atoms with Crippen LogP contribution < -0.4 is 26.6 Å². The first-order chi connectivity index (χ1) is 27.6. The molecule has 6 N–H and O–H groups in total. The zero-order valence-electron chi connectivity index (χ0n) is 30.9.